The van der Waals surface area contributed by atoms with Crippen molar-refractivity contribution in [2.24, 2.45) is 0 Å². The fourth-order valence-corrected chi connectivity index (χ4v) is 3.26. The molecule has 0 radical (unpaired) electrons. The zero-order valence-corrected chi connectivity index (χ0v) is 13.0. The van der Waals surface area contributed by atoms with Crippen LogP contribution in [-0.2, 0) is 14.3 Å². The van der Waals surface area contributed by atoms with Crippen LogP contribution < -0.4 is 5.32 Å². The molecule has 1 saturated carbocycles. The average Bonchev–Trinajstić information content (AvgIpc) is 2.81. The summed E-state index contributed by atoms with van der Waals surface area (Å²) >= 11 is 0. The number of amides is 2. The highest BCUT2D eigenvalue weighted by molar-refractivity contribution is 6.02. The highest BCUT2D eigenvalue weighted by Crippen LogP contribution is 2.39. The Balaban J connectivity index is 2.20. The summed E-state index contributed by atoms with van der Waals surface area (Å²) in [7, 11) is 0. The van der Waals surface area contributed by atoms with E-state index < -0.39 is 11.1 Å². The third-order valence-corrected chi connectivity index (χ3v) is 4.34. The Labute approximate surface area is 121 Å². The zero-order valence-electron chi connectivity index (χ0n) is 13.0. The molecule has 0 atom stereocenters. The first kappa shape index (κ1) is 15.3. The second-order valence-electron chi connectivity index (χ2n) is 6.69. The summed E-state index contributed by atoms with van der Waals surface area (Å²) in [5.41, 5.74) is -1.45. The largest absolute Gasteiger partial charge is 0.377 e. The minimum absolute atomic E-state index is 0.00384. The lowest BCUT2D eigenvalue weighted by atomic mass is 9.85. The van der Waals surface area contributed by atoms with Crippen LogP contribution >= 0.6 is 0 Å². The van der Waals surface area contributed by atoms with Crippen LogP contribution in [0, 0.1) is 0 Å². The van der Waals surface area contributed by atoms with Crippen LogP contribution in [0.3, 0.4) is 0 Å². The van der Waals surface area contributed by atoms with E-state index in [1.165, 1.54) is 0 Å². The molecule has 1 aliphatic carbocycles. The van der Waals surface area contributed by atoms with E-state index in [-0.39, 0.29) is 17.9 Å². The highest BCUT2D eigenvalue weighted by Gasteiger charge is 2.55. The van der Waals surface area contributed by atoms with Crippen LogP contribution in [0.25, 0.3) is 0 Å². The number of nitrogens with one attached hydrogen (secondary N) is 1. The number of hydrogen-bond donors (Lipinski definition) is 1. The van der Waals surface area contributed by atoms with Gasteiger partial charge >= 0.3 is 0 Å². The summed E-state index contributed by atoms with van der Waals surface area (Å²) in [5, 5.41) is 2.90. The topological polar surface area (TPSA) is 58.6 Å². The number of carbonyl (C=O) groups excluding carboxylic acids is 2. The van der Waals surface area contributed by atoms with Crippen LogP contribution in [-0.4, -0.2) is 47.0 Å². The molecular weight excluding hydrogens is 256 g/mol. The van der Waals surface area contributed by atoms with Gasteiger partial charge < -0.3 is 15.0 Å². The number of nitrogens with zero attached hydrogens (tertiary/aromatic N) is 1. The first-order valence-corrected chi connectivity index (χ1v) is 7.56. The molecule has 1 N–H and O–H groups in total. The lowest BCUT2D eigenvalue weighted by molar-refractivity contribution is -0.162. The molecular formula is C15H26N2O3. The fraction of sp³-hybridized carbons (Fsp3) is 0.867. The number of ether oxygens (including phenoxy) is 1. The predicted octanol–water partition coefficient (Wildman–Crippen LogP) is 1.46. The molecule has 5 heteroatoms. The molecule has 0 bridgehead atoms. The van der Waals surface area contributed by atoms with Gasteiger partial charge in [0.25, 0.3) is 0 Å². The smallest absolute Gasteiger partial charge is 0.248 e. The second-order valence-corrected chi connectivity index (χ2v) is 6.69. The Kier molecular flexibility index (Phi) is 4.09. The van der Waals surface area contributed by atoms with E-state index in [0.717, 1.165) is 25.7 Å². The molecule has 1 saturated heterocycles. The van der Waals surface area contributed by atoms with Crippen LogP contribution in [0.2, 0.25) is 0 Å². The maximum atomic E-state index is 12.7. The third-order valence-electron chi connectivity index (χ3n) is 4.34. The molecule has 1 aliphatic heterocycles. The molecule has 0 aromatic carbocycles. The summed E-state index contributed by atoms with van der Waals surface area (Å²) in [6.07, 6.45) is 3.67. The Hall–Kier alpha value is -1.10. The van der Waals surface area contributed by atoms with Crippen LogP contribution in [0.4, 0.5) is 0 Å². The summed E-state index contributed by atoms with van der Waals surface area (Å²) in [6.45, 7) is 8.46. The van der Waals surface area contributed by atoms with Gasteiger partial charge in [0.2, 0.25) is 11.8 Å². The van der Waals surface area contributed by atoms with Gasteiger partial charge in [0, 0.05) is 6.54 Å². The van der Waals surface area contributed by atoms with Crippen molar-refractivity contribution in [2.75, 3.05) is 13.2 Å². The molecule has 5 nitrogen and oxygen atoms in total. The number of piperazine rings is 1. The molecule has 0 aromatic rings. The van der Waals surface area contributed by atoms with Gasteiger partial charge in [0.15, 0.2) is 0 Å². The maximum absolute atomic E-state index is 12.7. The van der Waals surface area contributed by atoms with E-state index in [4.69, 9.17) is 4.74 Å². The normalized spacial score (nSPS) is 24.6. The Morgan fingerprint density at radius 2 is 1.85 bits per heavy atom. The van der Waals surface area contributed by atoms with Gasteiger partial charge in [0.1, 0.15) is 11.1 Å². The molecule has 2 amide bonds. The van der Waals surface area contributed by atoms with Crippen molar-refractivity contribution < 1.29 is 14.3 Å². The molecule has 114 valence electrons. The van der Waals surface area contributed by atoms with Crippen molar-refractivity contribution in [3.8, 4) is 0 Å². The summed E-state index contributed by atoms with van der Waals surface area (Å²) in [4.78, 5) is 27.0. The number of carbonyl (C=O) groups is 2. The second kappa shape index (κ2) is 5.35. The Morgan fingerprint density at radius 1 is 1.25 bits per heavy atom. The lowest BCUT2D eigenvalue weighted by Crippen LogP contribution is -2.73. The zero-order chi connectivity index (χ0) is 15.0. The van der Waals surface area contributed by atoms with Crippen LogP contribution in [0.5, 0.6) is 0 Å². The van der Waals surface area contributed by atoms with Crippen LogP contribution in [0.1, 0.15) is 53.4 Å². The Morgan fingerprint density at radius 3 is 2.40 bits per heavy atom. The van der Waals surface area contributed by atoms with E-state index >= 15 is 0 Å². The lowest BCUT2D eigenvalue weighted by Gasteiger charge is -2.49. The third kappa shape index (κ3) is 2.55. The van der Waals surface area contributed by atoms with Gasteiger partial charge in [-0.15, -0.1) is 0 Å². The van der Waals surface area contributed by atoms with Crippen molar-refractivity contribution in [1.82, 2.24) is 10.2 Å². The molecule has 2 aliphatic rings. The fourth-order valence-electron chi connectivity index (χ4n) is 3.26. The predicted molar refractivity (Wildman–Crippen MR) is 76.2 cm³/mol. The van der Waals surface area contributed by atoms with E-state index in [0.29, 0.717) is 13.2 Å². The molecule has 0 aromatic heterocycles. The number of hydrogen-bond acceptors (Lipinski definition) is 3. The molecule has 0 unspecified atom stereocenters. The molecule has 1 spiro atoms. The summed E-state index contributed by atoms with van der Waals surface area (Å²) < 4.78 is 5.57. The van der Waals surface area contributed by atoms with E-state index in [1.54, 1.807) is 18.7 Å². The van der Waals surface area contributed by atoms with Crippen molar-refractivity contribution in [1.29, 1.82) is 0 Å². The van der Waals surface area contributed by atoms with Crippen molar-refractivity contribution in [2.45, 2.75) is 70.6 Å². The van der Waals surface area contributed by atoms with E-state index in [9.17, 15) is 9.59 Å². The minimum Gasteiger partial charge on any atom is -0.377 e. The van der Waals surface area contributed by atoms with Gasteiger partial charge in [-0.3, -0.25) is 9.59 Å². The van der Waals surface area contributed by atoms with Gasteiger partial charge in [0.05, 0.1) is 12.7 Å². The first-order valence-electron chi connectivity index (χ1n) is 7.56. The van der Waals surface area contributed by atoms with Crippen molar-refractivity contribution >= 4 is 11.8 Å². The molecule has 2 rings (SSSR count). The highest BCUT2D eigenvalue weighted by atomic mass is 16.5. The van der Waals surface area contributed by atoms with Gasteiger partial charge in [-0.25, -0.2) is 0 Å². The van der Waals surface area contributed by atoms with Gasteiger partial charge in [-0.1, -0.05) is 12.8 Å². The van der Waals surface area contributed by atoms with E-state index in [1.807, 2.05) is 13.8 Å². The summed E-state index contributed by atoms with van der Waals surface area (Å²) in [6, 6.07) is 0. The van der Waals surface area contributed by atoms with E-state index in [2.05, 4.69) is 5.32 Å². The SMILES string of the molecule is CC(C)OCCN1C(=O)C(C)(C)NC(=O)C12CCCC2. The molecule has 1 heterocycles. The Bertz CT molecular complexity index is 398. The quantitative estimate of drug-likeness (QED) is 0.849. The van der Waals surface area contributed by atoms with Gasteiger partial charge in [-0.2, -0.15) is 0 Å². The van der Waals surface area contributed by atoms with Crippen molar-refractivity contribution in [3.05, 3.63) is 0 Å². The minimum atomic E-state index is -0.817. The van der Waals surface area contributed by atoms with Crippen molar-refractivity contribution in [3.63, 3.8) is 0 Å². The van der Waals surface area contributed by atoms with Gasteiger partial charge in [-0.05, 0) is 40.5 Å². The average molecular weight is 282 g/mol. The maximum Gasteiger partial charge on any atom is 0.248 e. The summed E-state index contributed by atoms with van der Waals surface area (Å²) in [5.74, 6) is 0.00973. The molecule has 2 fully saturated rings. The standard InChI is InChI=1S/C15H26N2O3/c1-11(2)20-10-9-17-13(19)14(3,4)16-12(18)15(17)7-5-6-8-15/h11H,5-10H2,1-4H3,(H,16,18). The number of rotatable bonds is 4. The monoisotopic (exact) mass is 282 g/mol. The molecule has 20 heavy (non-hydrogen) atoms. The first-order chi connectivity index (χ1) is 9.29. The van der Waals surface area contributed by atoms with Crippen LogP contribution in [0.15, 0.2) is 0 Å².